The Hall–Kier alpha value is -2.64. The Balaban J connectivity index is 1.56. The van der Waals surface area contributed by atoms with E-state index in [9.17, 15) is 13.6 Å². The molecule has 154 valence electrons. The van der Waals surface area contributed by atoms with Crippen LogP contribution in [-0.2, 0) is 17.8 Å². The minimum atomic E-state index is -2.52. The maximum atomic E-state index is 12.4. The van der Waals surface area contributed by atoms with Gasteiger partial charge in [0.25, 0.3) is 5.91 Å². The van der Waals surface area contributed by atoms with E-state index in [0.29, 0.717) is 28.7 Å². The van der Waals surface area contributed by atoms with Crippen LogP contribution in [0.3, 0.4) is 0 Å². The van der Waals surface area contributed by atoms with Crippen LogP contribution in [0.25, 0.3) is 11.0 Å². The summed E-state index contributed by atoms with van der Waals surface area (Å²) in [4.78, 5) is 21.7. The van der Waals surface area contributed by atoms with Gasteiger partial charge in [-0.25, -0.2) is 9.71 Å². The van der Waals surface area contributed by atoms with Gasteiger partial charge in [0.2, 0.25) is 0 Å². The molecule has 0 saturated heterocycles. The second-order valence-corrected chi connectivity index (χ2v) is 8.82. The van der Waals surface area contributed by atoms with Crippen LogP contribution in [0.4, 0.5) is 0 Å². The summed E-state index contributed by atoms with van der Waals surface area (Å²) in [6.07, 6.45) is 3.21. The van der Waals surface area contributed by atoms with Crippen molar-refractivity contribution in [1.82, 2.24) is 28.8 Å². The van der Waals surface area contributed by atoms with Gasteiger partial charge in [-0.15, -0.1) is 11.3 Å². The average molecular weight is 460 g/mol. The van der Waals surface area contributed by atoms with Crippen LogP contribution in [0.5, 0.6) is 0 Å². The van der Waals surface area contributed by atoms with Crippen LogP contribution in [0.2, 0.25) is 0 Å². The molecule has 1 aromatic carbocycles. The molecule has 0 bridgehead atoms. The number of thiazole rings is 1. The predicted molar refractivity (Wildman–Crippen MR) is 114 cm³/mol. The molecule has 0 fully saturated rings. The van der Waals surface area contributed by atoms with Gasteiger partial charge in [0, 0.05) is 34.1 Å². The normalized spacial score (nSPS) is 13.3. The molecule has 9 nitrogen and oxygen atoms in total. The minimum absolute atomic E-state index is 0.232. The lowest BCUT2D eigenvalue weighted by atomic mass is 9.99. The molecule has 2 atom stereocenters. The molecule has 2 unspecified atom stereocenters. The Kier molecular flexibility index (Phi) is 6.20. The summed E-state index contributed by atoms with van der Waals surface area (Å²) in [5.41, 5.74) is 2.77. The van der Waals surface area contributed by atoms with Gasteiger partial charge in [-0.1, -0.05) is 18.2 Å². The van der Waals surface area contributed by atoms with E-state index < -0.39 is 17.3 Å². The summed E-state index contributed by atoms with van der Waals surface area (Å²) in [7, 11) is 0. The molecule has 0 aliphatic heterocycles. The molecule has 3 heterocycles. The van der Waals surface area contributed by atoms with E-state index in [4.69, 9.17) is 0 Å². The molecule has 0 aliphatic carbocycles. The monoisotopic (exact) mass is 459 g/mol. The first-order chi connectivity index (χ1) is 14.5. The SMILES string of the molecule is Cc1ncc(CNC(=O)c2ccc(C(NS(=O)[O-])c3cccc4nsnc34)cn2)s1. The minimum Gasteiger partial charge on any atom is -0.760 e. The zero-order valence-electron chi connectivity index (χ0n) is 15.6. The lowest BCUT2D eigenvalue weighted by molar-refractivity contribution is 0.0946. The van der Waals surface area contributed by atoms with Gasteiger partial charge >= 0.3 is 0 Å². The van der Waals surface area contributed by atoms with E-state index in [2.05, 4.69) is 28.8 Å². The number of hydrogen-bond donors (Lipinski definition) is 2. The van der Waals surface area contributed by atoms with Crippen molar-refractivity contribution in [2.75, 3.05) is 0 Å². The number of nitrogens with zero attached hydrogens (tertiary/aromatic N) is 4. The average Bonchev–Trinajstić information content (AvgIpc) is 3.39. The molecule has 4 rings (SSSR count). The number of pyridine rings is 1. The van der Waals surface area contributed by atoms with Crippen molar-refractivity contribution in [2.45, 2.75) is 19.5 Å². The largest absolute Gasteiger partial charge is 0.760 e. The van der Waals surface area contributed by atoms with Crippen molar-refractivity contribution in [3.63, 3.8) is 0 Å². The van der Waals surface area contributed by atoms with Crippen molar-refractivity contribution in [1.29, 1.82) is 0 Å². The Morgan fingerprint density at radius 1 is 1.20 bits per heavy atom. The lowest BCUT2D eigenvalue weighted by Crippen LogP contribution is -2.26. The quantitative estimate of drug-likeness (QED) is 0.405. The third kappa shape index (κ3) is 4.57. The predicted octanol–water partition coefficient (Wildman–Crippen LogP) is 2.25. The van der Waals surface area contributed by atoms with Gasteiger partial charge in [-0.05, 0) is 24.6 Å². The summed E-state index contributed by atoms with van der Waals surface area (Å²) in [6.45, 7) is 2.27. The Bertz CT molecular complexity index is 1210. The molecule has 4 aromatic rings. The third-order valence-electron chi connectivity index (χ3n) is 4.29. The molecule has 0 spiro atoms. The zero-order chi connectivity index (χ0) is 21.1. The van der Waals surface area contributed by atoms with Gasteiger partial charge in [-0.2, -0.15) is 8.75 Å². The summed E-state index contributed by atoms with van der Waals surface area (Å²) < 4.78 is 33.8. The van der Waals surface area contributed by atoms with Crippen LogP contribution >= 0.6 is 23.1 Å². The summed E-state index contributed by atoms with van der Waals surface area (Å²) >= 11 is 0.0487. The van der Waals surface area contributed by atoms with Gasteiger partial charge in [0.1, 0.15) is 16.7 Å². The van der Waals surface area contributed by atoms with Crippen molar-refractivity contribution < 1.29 is 13.6 Å². The van der Waals surface area contributed by atoms with Crippen molar-refractivity contribution in [3.8, 4) is 0 Å². The van der Waals surface area contributed by atoms with E-state index in [1.807, 2.05) is 13.0 Å². The fourth-order valence-electron chi connectivity index (χ4n) is 2.92. The van der Waals surface area contributed by atoms with Crippen LogP contribution in [0.1, 0.15) is 37.5 Å². The fraction of sp³-hybridized carbons (Fsp3) is 0.167. The molecule has 1 amide bonds. The molecule has 30 heavy (non-hydrogen) atoms. The Morgan fingerprint density at radius 2 is 2.07 bits per heavy atom. The fourth-order valence-corrected chi connectivity index (χ4v) is 4.67. The zero-order valence-corrected chi connectivity index (χ0v) is 18.0. The smallest absolute Gasteiger partial charge is 0.270 e. The second-order valence-electron chi connectivity index (χ2n) is 6.27. The second kappa shape index (κ2) is 9.02. The van der Waals surface area contributed by atoms with E-state index in [-0.39, 0.29) is 11.6 Å². The summed E-state index contributed by atoms with van der Waals surface area (Å²) in [6, 6.07) is 7.90. The number of carbonyl (C=O) groups is 1. The summed E-state index contributed by atoms with van der Waals surface area (Å²) in [5, 5.41) is 3.73. The van der Waals surface area contributed by atoms with E-state index in [1.54, 1.807) is 30.5 Å². The number of amides is 1. The maximum Gasteiger partial charge on any atom is 0.270 e. The number of nitrogens with one attached hydrogen (secondary N) is 2. The number of aryl methyl sites for hydroxylation is 1. The van der Waals surface area contributed by atoms with Crippen molar-refractivity contribution >= 4 is 51.3 Å². The summed E-state index contributed by atoms with van der Waals surface area (Å²) in [5.74, 6) is -0.324. The third-order valence-corrected chi connectivity index (χ3v) is 6.17. The lowest BCUT2D eigenvalue weighted by Gasteiger charge is -2.21. The molecule has 0 aliphatic rings. The topological polar surface area (TPSA) is 133 Å². The molecule has 12 heteroatoms. The van der Waals surface area contributed by atoms with Crippen molar-refractivity contribution in [3.05, 3.63) is 69.4 Å². The van der Waals surface area contributed by atoms with Crippen LogP contribution < -0.4 is 10.0 Å². The molecule has 3 aromatic heterocycles. The first-order valence-corrected chi connectivity index (χ1v) is 11.4. The number of carbonyl (C=O) groups excluding carboxylic acids is 1. The van der Waals surface area contributed by atoms with Crippen LogP contribution in [0.15, 0.2) is 42.7 Å². The van der Waals surface area contributed by atoms with Gasteiger partial charge < -0.3 is 9.87 Å². The number of benzene rings is 1. The Morgan fingerprint density at radius 3 is 2.77 bits per heavy atom. The molecule has 0 saturated carbocycles. The van der Waals surface area contributed by atoms with E-state index in [1.165, 1.54) is 17.5 Å². The van der Waals surface area contributed by atoms with Crippen LogP contribution in [0, 0.1) is 6.92 Å². The first kappa shape index (κ1) is 20.6. The number of aromatic nitrogens is 4. The van der Waals surface area contributed by atoms with E-state index >= 15 is 0 Å². The molecule has 0 radical (unpaired) electrons. The van der Waals surface area contributed by atoms with Crippen LogP contribution in [-0.4, -0.2) is 33.4 Å². The number of fused-ring (bicyclic) bond motifs is 1. The highest BCUT2D eigenvalue weighted by atomic mass is 32.2. The highest BCUT2D eigenvalue weighted by Crippen LogP contribution is 2.28. The van der Waals surface area contributed by atoms with E-state index in [0.717, 1.165) is 21.6 Å². The standard InChI is InChI=1S/C18H16N6O3S3/c1-10-19-8-12(28-10)9-21-18(25)15-6-5-11(7-20-15)16(24-30(26)27)13-3-2-4-14-17(13)23-29-22-14/h2-8,16,24H,9H2,1H3,(H,21,25)(H,26,27)/p-1. The van der Waals surface area contributed by atoms with Crippen molar-refractivity contribution in [2.24, 2.45) is 0 Å². The highest BCUT2D eigenvalue weighted by molar-refractivity contribution is 7.77. The Labute approximate surface area is 182 Å². The van der Waals surface area contributed by atoms with Gasteiger partial charge in [0.05, 0.1) is 29.3 Å². The molecular formula is C18H15N6O3S3-. The maximum absolute atomic E-state index is 12.4. The van der Waals surface area contributed by atoms with Gasteiger partial charge in [0.15, 0.2) is 0 Å². The van der Waals surface area contributed by atoms with Gasteiger partial charge in [-0.3, -0.25) is 14.0 Å². The molecular weight excluding hydrogens is 444 g/mol. The first-order valence-electron chi connectivity index (χ1n) is 8.73. The number of rotatable bonds is 7. The number of hydrogen-bond acceptors (Lipinski definition) is 9. The molecule has 2 N–H and O–H groups in total. The highest BCUT2D eigenvalue weighted by Gasteiger charge is 2.20.